The first-order valence-corrected chi connectivity index (χ1v) is 27.3. The number of hydrogen-bond donors (Lipinski definition) is 0. The summed E-state index contributed by atoms with van der Waals surface area (Å²) >= 11 is 0. The monoisotopic (exact) mass is 873 g/mol. The van der Waals surface area contributed by atoms with E-state index in [0.717, 1.165) is 70.6 Å². The highest BCUT2D eigenvalue weighted by atomic mass is 16.6. The van der Waals surface area contributed by atoms with Crippen molar-refractivity contribution in [2.45, 2.75) is 303 Å². The number of carbonyl (C=O) groups excluding carboxylic acids is 3. The average molecular weight is 873 g/mol. The van der Waals surface area contributed by atoms with Crippen LogP contribution in [0, 0.1) is 0 Å². The van der Waals surface area contributed by atoms with E-state index >= 15 is 0 Å². The van der Waals surface area contributed by atoms with E-state index in [2.05, 4.69) is 45.1 Å². The SMILES string of the molecule is CCCC/C=C\CCCCCCCC(=O)OCC(COC(=O)CCCCCCCCCCCCCCCCCCCCC)OC(=O)CCCCCCC/C=C\CCCCCCC. The van der Waals surface area contributed by atoms with Crippen molar-refractivity contribution in [3.8, 4) is 0 Å². The number of ether oxygens (including phenoxy) is 3. The zero-order chi connectivity index (χ0) is 45.1. The highest BCUT2D eigenvalue weighted by Gasteiger charge is 2.19. The zero-order valence-electron chi connectivity index (χ0n) is 41.7. The fourth-order valence-corrected chi connectivity index (χ4v) is 8.01. The van der Waals surface area contributed by atoms with Crippen LogP contribution in [0.25, 0.3) is 0 Å². The Labute approximate surface area is 385 Å². The molecule has 0 heterocycles. The Balaban J connectivity index is 4.28. The molecule has 6 heteroatoms. The van der Waals surface area contributed by atoms with Crippen LogP contribution in [0.4, 0.5) is 0 Å². The summed E-state index contributed by atoms with van der Waals surface area (Å²) in [5, 5.41) is 0. The van der Waals surface area contributed by atoms with Crippen molar-refractivity contribution in [2.75, 3.05) is 13.2 Å². The molecule has 0 aliphatic carbocycles. The van der Waals surface area contributed by atoms with Gasteiger partial charge in [0, 0.05) is 19.3 Å². The van der Waals surface area contributed by atoms with Crippen LogP contribution in [0.2, 0.25) is 0 Å². The maximum absolute atomic E-state index is 12.8. The van der Waals surface area contributed by atoms with Gasteiger partial charge in [-0.25, -0.2) is 0 Å². The summed E-state index contributed by atoms with van der Waals surface area (Å²) in [5.41, 5.74) is 0. The van der Waals surface area contributed by atoms with Gasteiger partial charge in [-0.1, -0.05) is 238 Å². The molecule has 364 valence electrons. The third-order valence-corrected chi connectivity index (χ3v) is 12.2. The number of carbonyl (C=O) groups is 3. The van der Waals surface area contributed by atoms with Gasteiger partial charge in [-0.15, -0.1) is 0 Å². The molecule has 0 fully saturated rings. The Kier molecular flexibility index (Phi) is 49.8. The van der Waals surface area contributed by atoms with E-state index in [0.29, 0.717) is 19.3 Å². The third kappa shape index (κ3) is 48.9. The standard InChI is InChI=1S/C56H104O6/c1-4-7-10-13-16-19-22-24-26-27-28-29-30-32-34-37-40-43-46-49-55(58)61-52-53(51-60-54(57)48-45-42-39-36-33-21-18-15-12-9-6-3)62-56(59)50-47-44-41-38-35-31-25-23-20-17-14-11-8-5-2/h15,18,23,25,53H,4-14,16-17,19-22,24,26-52H2,1-3H3/b18-15-,25-23-. The summed E-state index contributed by atoms with van der Waals surface area (Å²) in [4.78, 5) is 38.0. The van der Waals surface area contributed by atoms with Crippen LogP contribution in [0.3, 0.4) is 0 Å². The molecule has 0 bridgehead atoms. The second kappa shape index (κ2) is 51.5. The topological polar surface area (TPSA) is 78.9 Å². The molecule has 0 aliphatic heterocycles. The molecule has 0 aromatic carbocycles. The maximum Gasteiger partial charge on any atom is 0.306 e. The fraction of sp³-hybridized carbons (Fsp3) is 0.875. The van der Waals surface area contributed by atoms with Crippen molar-refractivity contribution >= 4 is 17.9 Å². The Morgan fingerprint density at radius 3 is 0.855 bits per heavy atom. The smallest absolute Gasteiger partial charge is 0.306 e. The summed E-state index contributed by atoms with van der Waals surface area (Å²) in [6.45, 7) is 6.61. The molecule has 0 saturated heterocycles. The lowest BCUT2D eigenvalue weighted by Gasteiger charge is -2.18. The normalized spacial score (nSPS) is 12.1. The Hall–Kier alpha value is -2.11. The van der Waals surface area contributed by atoms with E-state index in [1.807, 2.05) is 0 Å². The summed E-state index contributed by atoms with van der Waals surface area (Å²) < 4.78 is 16.8. The van der Waals surface area contributed by atoms with Crippen molar-refractivity contribution in [3.63, 3.8) is 0 Å². The molecule has 1 atom stereocenters. The summed E-state index contributed by atoms with van der Waals surface area (Å²) in [7, 11) is 0. The lowest BCUT2D eigenvalue weighted by molar-refractivity contribution is -0.167. The van der Waals surface area contributed by atoms with E-state index in [1.165, 1.54) is 186 Å². The molecule has 62 heavy (non-hydrogen) atoms. The lowest BCUT2D eigenvalue weighted by atomic mass is 10.0. The third-order valence-electron chi connectivity index (χ3n) is 12.2. The number of hydrogen-bond acceptors (Lipinski definition) is 6. The highest BCUT2D eigenvalue weighted by molar-refractivity contribution is 5.71. The van der Waals surface area contributed by atoms with Gasteiger partial charge in [0.25, 0.3) is 0 Å². The minimum absolute atomic E-state index is 0.0733. The predicted octanol–water partition coefficient (Wildman–Crippen LogP) is 17.9. The Morgan fingerprint density at radius 2 is 0.548 bits per heavy atom. The molecule has 0 N–H and O–H groups in total. The second-order valence-corrected chi connectivity index (χ2v) is 18.5. The Bertz CT molecular complexity index is 1000. The minimum Gasteiger partial charge on any atom is -0.462 e. The Morgan fingerprint density at radius 1 is 0.306 bits per heavy atom. The zero-order valence-corrected chi connectivity index (χ0v) is 41.7. The van der Waals surface area contributed by atoms with Crippen molar-refractivity contribution in [1.29, 1.82) is 0 Å². The minimum atomic E-state index is -0.774. The first-order valence-electron chi connectivity index (χ1n) is 27.3. The predicted molar refractivity (Wildman–Crippen MR) is 266 cm³/mol. The van der Waals surface area contributed by atoms with Gasteiger partial charge in [-0.2, -0.15) is 0 Å². The fourth-order valence-electron chi connectivity index (χ4n) is 8.01. The van der Waals surface area contributed by atoms with Gasteiger partial charge in [-0.3, -0.25) is 14.4 Å². The van der Waals surface area contributed by atoms with Gasteiger partial charge in [0.05, 0.1) is 0 Å². The van der Waals surface area contributed by atoms with Crippen LogP contribution >= 0.6 is 0 Å². The van der Waals surface area contributed by atoms with E-state index in [-0.39, 0.29) is 31.1 Å². The van der Waals surface area contributed by atoms with E-state index in [9.17, 15) is 14.4 Å². The quantitative estimate of drug-likeness (QED) is 0.0262. The molecule has 0 radical (unpaired) electrons. The van der Waals surface area contributed by atoms with Gasteiger partial charge >= 0.3 is 17.9 Å². The van der Waals surface area contributed by atoms with Crippen LogP contribution in [0.1, 0.15) is 297 Å². The number of allylic oxidation sites excluding steroid dienone is 4. The van der Waals surface area contributed by atoms with Crippen LogP contribution in [-0.2, 0) is 28.6 Å². The van der Waals surface area contributed by atoms with Crippen molar-refractivity contribution in [2.24, 2.45) is 0 Å². The van der Waals surface area contributed by atoms with Crippen molar-refractivity contribution in [3.05, 3.63) is 24.3 Å². The molecule has 0 aliphatic rings. The van der Waals surface area contributed by atoms with Gasteiger partial charge in [0.1, 0.15) is 13.2 Å². The number of esters is 3. The highest BCUT2D eigenvalue weighted by Crippen LogP contribution is 2.16. The van der Waals surface area contributed by atoms with Gasteiger partial charge in [0.2, 0.25) is 0 Å². The molecular weight excluding hydrogens is 769 g/mol. The number of unbranched alkanes of at least 4 members (excludes halogenated alkanes) is 35. The lowest BCUT2D eigenvalue weighted by Crippen LogP contribution is -2.30. The van der Waals surface area contributed by atoms with Crippen LogP contribution < -0.4 is 0 Å². The number of rotatable bonds is 50. The summed E-state index contributed by atoms with van der Waals surface area (Å²) in [6.07, 6.45) is 58.8. The molecule has 0 spiro atoms. The van der Waals surface area contributed by atoms with E-state index in [4.69, 9.17) is 14.2 Å². The maximum atomic E-state index is 12.8. The molecule has 0 amide bonds. The first kappa shape index (κ1) is 59.9. The van der Waals surface area contributed by atoms with E-state index < -0.39 is 6.10 Å². The molecule has 1 unspecified atom stereocenters. The second-order valence-electron chi connectivity index (χ2n) is 18.5. The molecule has 0 aromatic heterocycles. The van der Waals surface area contributed by atoms with Crippen molar-refractivity contribution < 1.29 is 28.6 Å². The van der Waals surface area contributed by atoms with Crippen LogP contribution in [0.15, 0.2) is 24.3 Å². The first-order chi connectivity index (χ1) is 30.5. The molecule has 6 nitrogen and oxygen atoms in total. The largest absolute Gasteiger partial charge is 0.462 e. The van der Waals surface area contributed by atoms with Crippen LogP contribution in [0.5, 0.6) is 0 Å². The molecule has 0 aromatic rings. The van der Waals surface area contributed by atoms with Gasteiger partial charge < -0.3 is 14.2 Å². The molecular formula is C56H104O6. The van der Waals surface area contributed by atoms with Gasteiger partial charge in [-0.05, 0) is 64.2 Å². The summed E-state index contributed by atoms with van der Waals surface area (Å²) in [6, 6.07) is 0. The molecule has 0 rings (SSSR count). The average Bonchev–Trinajstić information content (AvgIpc) is 3.27. The summed E-state index contributed by atoms with van der Waals surface area (Å²) in [5.74, 6) is -0.877. The van der Waals surface area contributed by atoms with Crippen molar-refractivity contribution in [1.82, 2.24) is 0 Å². The molecule has 0 saturated carbocycles. The van der Waals surface area contributed by atoms with E-state index in [1.54, 1.807) is 0 Å². The van der Waals surface area contributed by atoms with Gasteiger partial charge in [0.15, 0.2) is 6.10 Å². The van der Waals surface area contributed by atoms with Crippen LogP contribution in [-0.4, -0.2) is 37.2 Å².